The SMILES string of the molecule is CC(=O)OC1CC(CC(O)CCCCCCCCc2ccc3c(c2)OCCO3)OC2(C1)CC1OC(=O)C=CC1O2. The molecule has 0 bridgehead atoms. The molecular weight excluding hydrogens is 516 g/mol. The third-order valence-corrected chi connectivity index (χ3v) is 8.09. The first-order valence-electron chi connectivity index (χ1n) is 14.9. The van der Waals surface area contributed by atoms with Crippen LogP contribution in [0.4, 0.5) is 0 Å². The Morgan fingerprint density at radius 1 is 1.05 bits per heavy atom. The minimum atomic E-state index is -0.993. The lowest BCUT2D eigenvalue weighted by Gasteiger charge is -2.41. The van der Waals surface area contributed by atoms with E-state index < -0.39 is 18.0 Å². The van der Waals surface area contributed by atoms with E-state index in [2.05, 4.69) is 12.1 Å². The molecule has 0 aliphatic carbocycles. The van der Waals surface area contributed by atoms with E-state index in [9.17, 15) is 14.7 Å². The maximum absolute atomic E-state index is 11.7. The van der Waals surface area contributed by atoms with Gasteiger partial charge in [0.25, 0.3) is 0 Å². The second-order valence-corrected chi connectivity index (χ2v) is 11.5. The van der Waals surface area contributed by atoms with Crippen molar-refractivity contribution in [3.63, 3.8) is 0 Å². The number of carbonyl (C=O) groups is 2. The van der Waals surface area contributed by atoms with Crippen molar-refractivity contribution in [2.75, 3.05) is 13.2 Å². The van der Waals surface area contributed by atoms with Crippen LogP contribution in [0, 0.1) is 0 Å². The molecule has 4 aliphatic heterocycles. The zero-order valence-electron chi connectivity index (χ0n) is 23.4. The van der Waals surface area contributed by atoms with E-state index in [0.717, 1.165) is 43.6 Å². The summed E-state index contributed by atoms with van der Waals surface area (Å²) in [6.45, 7) is 2.62. The third-order valence-electron chi connectivity index (χ3n) is 8.09. The number of esters is 2. The van der Waals surface area contributed by atoms with Gasteiger partial charge in [-0.25, -0.2) is 4.79 Å². The van der Waals surface area contributed by atoms with Gasteiger partial charge in [-0.05, 0) is 49.5 Å². The van der Waals surface area contributed by atoms with Crippen LogP contribution < -0.4 is 9.47 Å². The second kappa shape index (κ2) is 13.4. The summed E-state index contributed by atoms with van der Waals surface area (Å²) in [7, 11) is 0. The Kier molecular flexibility index (Phi) is 9.65. The van der Waals surface area contributed by atoms with Crippen molar-refractivity contribution < 1.29 is 43.1 Å². The van der Waals surface area contributed by atoms with E-state index in [1.54, 1.807) is 6.08 Å². The number of benzene rings is 1. The highest BCUT2D eigenvalue weighted by Crippen LogP contribution is 2.44. The maximum Gasteiger partial charge on any atom is 0.330 e. The number of rotatable bonds is 12. The van der Waals surface area contributed by atoms with Crippen LogP contribution in [0.25, 0.3) is 0 Å². The van der Waals surface area contributed by atoms with Gasteiger partial charge in [0.2, 0.25) is 0 Å². The lowest BCUT2D eigenvalue weighted by atomic mass is 9.91. The van der Waals surface area contributed by atoms with Crippen molar-refractivity contribution in [2.45, 2.75) is 120 Å². The van der Waals surface area contributed by atoms with E-state index in [-0.39, 0.29) is 30.3 Å². The average Bonchev–Trinajstić information content (AvgIpc) is 3.25. The zero-order valence-corrected chi connectivity index (χ0v) is 23.4. The van der Waals surface area contributed by atoms with Crippen molar-refractivity contribution in [2.24, 2.45) is 0 Å². The molecule has 0 saturated carbocycles. The fourth-order valence-corrected chi connectivity index (χ4v) is 6.31. The lowest BCUT2D eigenvalue weighted by Crippen LogP contribution is -2.48. The van der Waals surface area contributed by atoms with Gasteiger partial charge in [-0.1, -0.05) is 38.2 Å². The van der Waals surface area contributed by atoms with E-state index in [1.807, 2.05) is 6.07 Å². The number of hydrogen-bond acceptors (Lipinski definition) is 9. The van der Waals surface area contributed by atoms with Crippen LogP contribution in [0.1, 0.15) is 83.1 Å². The summed E-state index contributed by atoms with van der Waals surface area (Å²) in [5, 5.41) is 10.8. The van der Waals surface area contributed by atoms with Crippen LogP contribution in [0.5, 0.6) is 11.5 Å². The Balaban J connectivity index is 0.991. The average molecular weight is 559 g/mol. The van der Waals surface area contributed by atoms with Crippen LogP contribution >= 0.6 is 0 Å². The van der Waals surface area contributed by atoms with Crippen molar-refractivity contribution in [1.29, 1.82) is 0 Å². The molecule has 6 unspecified atom stereocenters. The fourth-order valence-electron chi connectivity index (χ4n) is 6.31. The standard InChI is InChI=1S/C31H42O9/c1-21(32)37-25-18-24(39-31(19-25)20-29-27(40-31)12-13-30(34)38-29)17-23(33)9-7-5-3-2-4-6-8-22-10-11-26-28(16-22)36-15-14-35-26/h10-13,16,23-25,27,29,33H,2-9,14-15,17-20H2,1H3. The van der Waals surface area contributed by atoms with Crippen LogP contribution in [-0.2, 0) is 35.0 Å². The molecule has 2 fully saturated rings. The van der Waals surface area contributed by atoms with Crippen molar-refractivity contribution in [1.82, 2.24) is 0 Å². The van der Waals surface area contributed by atoms with Crippen molar-refractivity contribution in [3.8, 4) is 11.5 Å². The molecule has 0 radical (unpaired) electrons. The van der Waals surface area contributed by atoms with Crippen LogP contribution in [-0.4, -0.2) is 66.6 Å². The quantitative estimate of drug-likeness (QED) is 0.292. The van der Waals surface area contributed by atoms with Gasteiger partial charge in [0, 0.05) is 32.3 Å². The highest BCUT2D eigenvalue weighted by Gasteiger charge is 2.54. The smallest absolute Gasteiger partial charge is 0.330 e. The predicted octanol–water partition coefficient (Wildman–Crippen LogP) is 4.56. The Bertz CT molecular complexity index is 1060. The summed E-state index contributed by atoms with van der Waals surface area (Å²) in [6.07, 6.45) is 11.2. The molecule has 2 saturated heterocycles. The Labute approximate surface area is 236 Å². The number of fused-ring (bicyclic) bond motifs is 2. The molecule has 220 valence electrons. The molecule has 4 heterocycles. The number of ether oxygens (including phenoxy) is 6. The molecule has 1 spiro atoms. The normalized spacial score (nSPS) is 29.6. The van der Waals surface area contributed by atoms with E-state index in [1.165, 1.54) is 31.4 Å². The third kappa shape index (κ3) is 7.77. The van der Waals surface area contributed by atoms with E-state index in [0.29, 0.717) is 45.3 Å². The van der Waals surface area contributed by atoms with Crippen LogP contribution in [0.3, 0.4) is 0 Å². The first-order valence-corrected chi connectivity index (χ1v) is 14.9. The number of aliphatic hydroxyl groups is 1. The van der Waals surface area contributed by atoms with E-state index in [4.69, 9.17) is 28.4 Å². The first kappa shape index (κ1) is 28.9. The molecule has 1 N–H and O–H groups in total. The molecule has 0 aromatic heterocycles. The van der Waals surface area contributed by atoms with Gasteiger partial charge in [0.05, 0.1) is 12.2 Å². The topological polar surface area (TPSA) is 110 Å². The largest absolute Gasteiger partial charge is 0.486 e. The van der Waals surface area contributed by atoms with Gasteiger partial charge < -0.3 is 33.5 Å². The van der Waals surface area contributed by atoms with Gasteiger partial charge in [-0.3, -0.25) is 4.79 Å². The van der Waals surface area contributed by atoms with Crippen molar-refractivity contribution in [3.05, 3.63) is 35.9 Å². The van der Waals surface area contributed by atoms with Gasteiger partial charge >= 0.3 is 11.9 Å². The summed E-state index contributed by atoms with van der Waals surface area (Å²) in [5.41, 5.74) is 1.29. The Morgan fingerprint density at radius 3 is 2.65 bits per heavy atom. The molecule has 40 heavy (non-hydrogen) atoms. The highest BCUT2D eigenvalue weighted by atomic mass is 16.7. The molecule has 1 aromatic rings. The zero-order chi connectivity index (χ0) is 28.0. The summed E-state index contributed by atoms with van der Waals surface area (Å²) in [5.74, 6) is -0.0391. The summed E-state index contributed by atoms with van der Waals surface area (Å²) < 4.78 is 34.8. The molecular formula is C31H42O9. The molecule has 5 rings (SSSR count). The number of hydrogen-bond donors (Lipinski definition) is 1. The van der Waals surface area contributed by atoms with Crippen LogP contribution in [0.2, 0.25) is 0 Å². The molecule has 9 heteroatoms. The second-order valence-electron chi connectivity index (χ2n) is 11.5. The Morgan fingerprint density at radius 2 is 1.82 bits per heavy atom. The van der Waals surface area contributed by atoms with Gasteiger partial charge in [0.15, 0.2) is 17.3 Å². The molecule has 9 nitrogen and oxygen atoms in total. The summed E-state index contributed by atoms with van der Waals surface area (Å²) >= 11 is 0. The molecule has 4 aliphatic rings. The number of carbonyl (C=O) groups excluding carboxylic acids is 2. The molecule has 6 atom stereocenters. The first-order chi connectivity index (χ1) is 19.4. The van der Waals surface area contributed by atoms with Gasteiger partial charge in [-0.15, -0.1) is 0 Å². The maximum atomic E-state index is 11.7. The number of aryl methyl sites for hydroxylation is 1. The monoisotopic (exact) mass is 558 g/mol. The lowest BCUT2D eigenvalue weighted by molar-refractivity contribution is -0.286. The fraction of sp³-hybridized carbons (Fsp3) is 0.677. The Hall–Kier alpha value is -2.62. The molecule has 1 aromatic carbocycles. The van der Waals surface area contributed by atoms with E-state index >= 15 is 0 Å². The summed E-state index contributed by atoms with van der Waals surface area (Å²) in [4.78, 5) is 23.4. The van der Waals surface area contributed by atoms with Gasteiger partial charge in [-0.2, -0.15) is 0 Å². The number of aliphatic hydroxyl groups excluding tert-OH is 1. The predicted molar refractivity (Wildman–Crippen MR) is 145 cm³/mol. The summed E-state index contributed by atoms with van der Waals surface area (Å²) in [6, 6.07) is 6.23. The van der Waals surface area contributed by atoms with Crippen molar-refractivity contribution >= 4 is 11.9 Å². The number of unbranched alkanes of at least 4 members (excludes halogenated alkanes) is 5. The molecule has 0 amide bonds. The highest BCUT2D eigenvalue weighted by molar-refractivity contribution is 5.83. The van der Waals surface area contributed by atoms with Crippen LogP contribution in [0.15, 0.2) is 30.4 Å². The minimum absolute atomic E-state index is 0.312. The van der Waals surface area contributed by atoms with Gasteiger partial charge in [0.1, 0.15) is 31.5 Å². The minimum Gasteiger partial charge on any atom is -0.486 e.